The Morgan fingerprint density at radius 3 is 2.48 bits per heavy atom. The van der Waals surface area contributed by atoms with E-state index in [1.165, 1.54) is 7.11 Å². The van der Waals surface area contributed by atoms with Crippen LogP contribution in [0.3, 0.4) is 0 Å². The molecule has 1 N–H and O–H groups in total. The minimum Gasteiger partial charge on any atom is -0.493 e. The molecule has 9 nitrogen and oxygen atoms in total. The van der Waals surface area contributed by atoms with Gasteiger partial charge in [0.05, 0.1) is 14.2 Å². The van der Waals surface area contributed by atoms with Crippen molar-refractivity contribution in [1.29, 1.82) is 0 Å². The standard InChI is InChI=1S/C22H22N4O5/c1-4-22(15-8-6-5-7-9-15)20(27)26(21(28)24-22)13-18-23-19(25-31-18)14-10-11-16(29-2)17(12-14)30-3/h5-12H,4,13H2,1-3H3,(H,24,28). The Labute approximate surface area is 179 Å². The van der Waals surface area contributed by atoms with Crippen molar-refractivity contribution >= 4 is 11.9 Å². The minimum atomic E-state index is -1.11. The van der Waals surface area contributed by atoms with Crippen molar-refractivity contribution in [2.45, 2.75) is 25.4 Å². The highest BCUT2D eigenvalue weighted by Gasteiger charge is 2.51. The molecule has 0 spiro atoms. The highest BCUT2D eigenvalue weighted by molar-refractivity contribution is 6.07. The lowest BCUT2D eigenvalue weighted by atomic mass is 9.87. The van der Waals surface area contributed by atoms with Gasteiger partial charge in [0.2, 0.25) is 11.7 Å². The molecule has 2 heterocycles. The van der Waals surface area contributed by atoms with Gasteiger partial charge >= 0.3 is 6.03 Å². The number of urea groups is 1. The van der Waals surface area contributed by atoms with Crippen molar-refractivity contribution in [1.82, 2.24) is 20.4 Å². The number of carbonyl (C=O) groups excluding carboxylic acids is 2. The molecular weight excluding hydrogens is 400 g/mol. The summed E-state index contributed by atoms with van der Waals surface area (Å²) in [6, 6.07) is 13.9. The first-order chi connectivity index (χ1) is 15.0. The van der Waals surface area contributed by atoms with Crippen LogP contribution < -0.4 is 14.8 Å². The van der Waals surface area contributed by atoms with Crippen LogP contribution in [-0.4, -0.2) is 41.2 Å². The SMILES string of the molecule is CCC1(c2ccccc2)NC(=O)N(Cc2nc(-c3ccc(OC)c(OC)c3)no2)C1=O. The summed E-state index contributed by atoms with van der Waals surface area (Å²) in [7, 11) is 3.08. The molecule has 0 saturated carbocycles. The number of methoxy groups -OCH3 is 2. The summed E-state index contributed by atoms with van der Waals surface area (Å²) < 4.78 is 15.8. The van der Waals surface area contributed by atoms with Gasteiger partial charge in [0.1, 0.15) is 12.1 Å². The highest BCUT2D eigenvalue weighted by Crippen LogP contribution is 2.34. The summed E-state index contributed by atoms with van der Waals surface area (Å²) in [5.41, 5.74) is 0.275. The van der Waals surface area contributed by atoms with Gasteiger partial charge in [-0.2, -0.15) is 4.98 Å². The molecule has 1 saturated heterocycles. The zero-order valence-electron chi connectivity index (χ0n) is 17.4. The Morgan fingerprint density at radius 2 is 1.81 bits per heavy atom. The second kappa shape index (κ2) is 8.10. The molecule has 0 aliphatic carbocycles. The van der Waals surface area contributed by atoms with Gasteiger partial charge in [-0.1, -0.05) is 42.4 Å². The topological polar surface area (TPSA) is 107 Å². The van der Waals surface area contributed by atoms with Crippen LogP contribution in [0.15, 0.2) is 53.1 Å². The smallest absolute Gasteiger partial charge is 0.325 e. The van der Waals surface area contributed by atoms with Gasteiger partial charge in [-0.3, -0.25) is 9.69 Å². The number of hydrogen-bond acceptors (Lipinski definition) is 7. The zero-order valence-corrected chi connectivity index (χ0v) is 17.4. The predicted octanol–water partition coefficient (Wildman–Crippen LogP) is 3.11. The van der Waals surface area contributed by atoms with Gasteiger partial charge in [0.25, 0.3) is 5.91 Å². The number of carbonyl (C=O) groups is 2. The molecule has 3 aromatic rings. The van der Waals surface area contributed by atoms with Crippen molar-refractivity contribution in [2.75, 3.05) is 14.2 Å². The molecule has 9 heteroatoms. The lowest BCUT2D eigenvalue weighted by molar-refractivity contribution is -0.132. The second-order valence-corrected chi connectivity index (χ2v) is 7.03. The number of benzene rings is 2. The molecule has 1 aliphatic heterocycles. The van der Waals surface area contributed by atoms with E-state index in [4.69, 9.17) is 14.0 Å². The molecular formula is C22H22N4O5. The Balaban J connectivity index is 1.58. The second-order valence-electron chi connectivity index (χ2n) is 7.03. The molecule has 1 unspecified atom stereocenters. The molecule has 1 aromatic heterocycles. The van der Waals surface area contributed by atoms with E-state index in [9.17, 15) is 9.59 Å². The van der Waals surface area contributed by atoms with Crippen molar-refractivity contribution in [3.05, 3.63) is 60.0 Å². The van der Waals surface area contributed by atoms with Gasteiger partial charge in [-0.15, -0.1) is 0 Å². The molecule has 0 radical (unpaired) electrons. The summed E-state index contributed by atoms with van der Waals surface area (Å²) in [6.45, 7) is 1.73. The fourth-order valence-electron chi connectivity index (χ4n) is 3.68. The molecule has 4 rings (SSSR count). The first-order valence-electron chi connectivity index (χ1n) is 9.77. The number of aromatic nitrogens is 2. The Kier molecular flexibility index (Phi) is 5.33. The van der Waals surface area contributed by atoms with Crippen LogP contribution in [0, 0.1) is 0 Å². The number of nitrogens with one attached hydrogen (secondary N) is 1. The van der Waals surface area contributed by atoms with Crippen LogP contribution in [0.1, 0.15) is 24.8 Å². The Morgan fingerprint density at radius 1 is 1.06 bits per heavy atom. The van der Waals surface area contributed by atoms with E-state index in [2.05, 4.69) is 15.5 Å². The molecule has 160 valence electrons. The maximum absolute atomic E-state index is 13.2. The first-order valence-corrected chi connectivity index (χ1v) is 9.77. The van der Waals surface area contributed by atoms with Crippen molar-refractivity contribution < 1.29 is 23.6 Å². The normalized spacial score (nSPS) is 18.2. The third-order valence-electron chi connectivity index (χ3n) is 5.38. The third kappa shape index (κ3) is 3.48. The molecule has 1 aliphatic rings. The molecule has 1 atom stereocenters. The van der Waals surface area contributed by atoms with Crippen LogP contribution in [-0.2, 0) is 16.9 Å². The monoisotopic (exact) mass is 422 g/mol. The predicted molar refractivity (Wildman–Crippen MR) is 110 cm³/mol. The molecule has 31 heavy (non-hydrogen) atoms. The first kappa shape index (κ1) is 20.4. The summed E-state index contributed by atoms with van der Waals surface area (Å²) in [5, 5.41) is 6.81. The van der Waals surface area contributed by atoms with Crippen LogP contribution in [0.25, 0.3) is 11.4 Å². The highest BCUT2D eigenvalue weighted by atomic mass is 16.5. The van der Waals surface area contributed by atoms with E-state index in [0.29, 0.717) is 29.3 Å². The van der Waals surface area contributed by atoms with Gasteiger partial charge in [0, 0.05) is 5.56 Å². The lowest BCUT2D eigenvalue weighted by Gasteiger charge is -2.25. The number of amides is 3. The van der Waals surface area contributed by atoms with E-state index >= 15 is 0 Å². The average molecular weight is 422 g/mol. The van der Waals surface area contributed by atoms with Crippen LogP contribution in [0.5, 0.6) is 11.5 Å². The van der Waals surface area contributed by atoms with Gasteiger partial charge < -0.3 is 19.3 Å². The van der Waals surface area contributed by atoms with E-state index in [1.807, 2.05) is 37.3 Å². The summed E-state index contributed by atoms with van der Waals surface area (Å²) in [5.74, 6) is 1.21. The number of rotatable bonds is 7. The van der Waals surface area contributed by atoms with E-state index < -0.39 is 11.6 Å². The number of ether oxygens (including phenoxy) is 2. The number of imide groups is 1. The maximum atomic E-state index is 13.2. The number of nitrogens with zero attached hydrogens (tertiary/aromatic N) is 3. The molecule has 1 fully saturated rings. The van der Waals surface area contributed by atoms with Gasteiger partial charge in [-0.25, -0.2) is 4.79 Å². The Bertz CT molecular complexity index is 1110. The van der Waals surface area contributed by atoms with Crippen LogP contribution in [0.2, 0.25) is 0 Å². The summed E-state index contributed by atoms with van der Waals surface area (Å²) in [6.07, 6.45) is 0.415. The van der Waals surface area contributed by atoms with Crippen molar-refractivity contribution in [3.8, 4) is 22.9 Å². The maximum Gasteiger partial charge on any atom is 0.325 e. The largest absolute Gasteiger partial charge is 0.493 e. The fraction of sp³-hybridized carbons (Fsp3) is 0.273. The van der Waals surface area contributed by atoms with E-state index in [0.717, 1.165) is 10.5 Å². The molecule has 2 aromatic carbocycles. The lowest BCUT2D eigenvalue weighted by Crippen LogP contribution is -2.43. The van der Waals surface area contributed by atoms with E-state index in [-0.39, 0.29) is 18.3 Å². The zero-order chi connectivity index (χ0) is 22.0. The molecule has 0 bridgehead atoms. The van der Waals surface area contributed by atoms with Gasteiger partial charge in [-0.05, 0) is 30.2 Å². The fourth-order valence-corrected chi connectivity index (χ4v) is 3.68. The summed E-state index contributed by atoms with van der Waals surface area (Å²) in [4.78, 5) is 31.3. The molecule has 3 amide bonds. The van der Waals surface area contributed by atoms with E-state index in [1.54, 1.807) is 25.3 Å². The Hall–Kier alpha value is -3.88. The quantitative estimate of drug-likeness (QED) is 0.583. The van der Waals surface area contributed by atoms with Crippen LogP contribution >= 0.6 is 0 Å². The van der Waals surface area contributed by atoms with Crippen molar-refractivity contribution in [2.24, 2.45) is 0 Å². The number of hydrogen-bond donors (Lipinski definition) is 1. The van der Waals surface area contributed by atoms with Crippen molar-refractivity contribution in [3.63, 3.8) is 0 Å². The van der Waals surface area contributed by atoms with Gasteiger partial charge in [0.15, 0.2) is 11.5 Å². The van der Waals surface area contributed by atoms with Crippen LogP contribution in [0.4, 0.5) is 4.79 Å². The average Bonchev–Trinajstić information content (AvgIpc) is 3.38. The minimum absolute atomic E-state index is 0.125. The third-order valence-corrected chi connectivity index (χ3v) is 5.38. The summed E-state index contributed by atoms with van der Waals surface area (Å²) >= 11 is 0.